The molecule has 2 aromatic heterocycles. The van der Waals surface area contributed by atoms with Crippen LogP contribution in [0.4, 0.5) is 5.69 Å². The molecule has 2 heterocycles. The predicted molar refractivity (Wildman–Crippen MR) is 73.9 cm³/mol. The van der Waals surface area contributed by atoms with Crippen LogP contribution in [-0.2, 0) is 10.0 Å². The minimum Gasteiger partial charge on any atom is -0.423 e. The van der Waals surface area contributed by atoms with Gasteiger partial charge in [0.15, 0.2) is 5.03 Å². The van der Waals surface area contributed by atoms with E-state index in [2.05, 4.69) is 24.9 Å². The number of anilines is 1. The molecule has 0 fully saturated rings. The Balaban J connectivity index is 1.91. The highest BCUT2D eigenvalue weighted by Gasteiger charge is 2.17. The Morgan fingerprint density at radius 1 is 1.33 bits per heavy atom. The molecule has 8 nitrogen and oxygen atoms in total. The van der Waals surface area contributed by atoms with Crippen molar-refractivity contribution in [3.63, 3.8) is 0 Å². The van der Waals surface area contributed by atoms with Gasteiger partial charge in [-0.2, -0.15) is 8.42 Å². The van der Waals surface area contributed by atoms with Crippen LogP contribution < -0.4 is 4.72 Å². The van der Waals surface area contributed by atoms with Gasteiger partial charge in [-0.1, -0.05) is 0 Å². The standard InChI is InChI=1S/C12H11N5O3S/c1-8-4-9(12-16-15-7-20-12)2-3-10(8)17-21(18,19)11-5-13-6-14-11/h2-7,17H,1H3,(H,13,14). The fraction of sp³-hybridized carbons (Fsp3) is 0.0833. The topological polar surface area (TPSA) is 114 Å². The number of aromatic amines is 1. The van der Waals surface area contributed by atoms with Crippen molar-refractivity contribution in [3.8, 4) is 11.5 Å². The SMILES string of the molecule is Cc1cc(-c2nnco2)ccc1NS(=O)(=O)c1cnc[nH]1. The van der Waals surface area contributed by atoms with Gasteiger partial charge in [-0.25, -0.2) is 4.98 Å². The van der Waals surface area contributed by atoms with Crippen LogP contribution in [0.5, 0.6) is 0 Å². The number of rotatable bonds is 4. The molecule has 0 aliphatic heterocycles. The van der Waals surface area contributed by atoms with Gasteiger partial charge < -0.3 is 9.40 Å². The molecule has 0 saturated carbocycles. The molecule has 0 bridgehead atoms. The lowest BCUT2D eigenvalue weighted by Crippen LogP contribution is -2.14. The van der Waals surface area contributed by atoms with Crippen LogP contribution in [0.3, 0.4) is 0 Å². The lowest BCUT2D eigenvalue weighted by molar-refractivity contribution is 0.568. The lowest BCUT2D eigenvalue weighted by Gasteiger charge is -2.09. The number of hydrogen-bond donors (Lipinski definition) is 2. The summed E-state index contributed by atoms with van der Waals surface area (Å²) in [4.78, 5) is 6.25. The molecule has 0 amide bonds. The van der Waals surface area contributed by atoms with Crippen LogP contribution in [0.25, 0.3) is 11.5 Å². The van der Waals surface area contributed by atoms with Crippen molar-refractivity contribution >= 4 is 15.7 Å². The third kappa shape index (κ3) is 2.63. The summed E-state index contributed by atoms with van der Waals surface area (Å²) >= 11 is 0. The van der Waals surface area contributed by atoms with E-state index < -0.39 is 10.0 Å². The summed E-state index contributed by atoms with van der Waals surface area (Å²) in [5.41, 5.74) is 1.91. The smallest absolute Gasteiger partial charge is 0.278 e. The molecule has 108 valence electrons. The predicted octanol–water partition coefficient (Wildman–Crippen LogP) is 1.57. The highest BCUT2D eigenvalue weighted by atomic mass is 32.2. The van der Waals surface area contributed by atoms with Crippen molar-refractivity contribution in [2.75, 3.05) is 4.72 Å². The second kappa shape index (κ2) is 5.02. The number of H-pyrrole nitrogens is 1. The minimum absolute atomic E-state index is 0.00266. The summed E-state index contributed by atoms with van der Waals surface area (Å²) in [6.07, 6.45) is 3.78. The number of nitrogens with one attached hydrogen (secondary N) is 2. The zero-order valence-corrected chi connectivity index (χ0v) is 11.8. The molecule has 0 aliphatic carbocycles. The maximum atomic E-state index is 12.1. The second-order valence-electron chi connectivity index (χ2n) is 4.29. The van der Waals surface area contributed by atoms with Crippen LogP contribution in [0.1, 0.15) is 5.56 Å². The Kier molecular flexibility index (Phi) is 3.18. The summed E-state index contributed by atoms with van der Waals surface area (Å²) in [6.45, 7) is 1.78. The molecule has 0 saturated heterocycles. The van der Waals surface area contributed by atoms with E-state index in [0.717, 1.165) is 11.1 Å². The Morgan fingerprint density at radius 2 is 2.19 bits per heavy atom. The molecule has 0 spiro atoms. The maximum Gasteiger partial charge on any atom is 0.278 e. The molecular weight excluding hydrogens is 294 g/mol. The highest BCUT2D eigenvalue weighted by molar-refractivity contribution is 7.92. The average molecular weight is 305 g/mol. The summed E-state index contributed by atoms with van der Waals surface area (Å²) in [5.74, 6) is 0.376. The van der Waals surface area contributed by atoms with Crippen molar-refractivity contribution in [2.24, 2.45) is 0 Å². The van der Waals surface area contributed by atoms with Crippen molar-refractivity contribution in [1.82, 2.24) is 20.2 Å². The average Bonchev–Trinajstić information content (AvgIpc) is 3.14. The van der Waals surface area contributed by atoms with Gasteiger partial charge in [0.25, 0.3) is 10.0 Å². The van der Waals surface area contributed by atoms with Crippen LogP contribution in [-0.4, -0.2) is 28.6 Å². The molecule has 0 unspecified atom stereocenters. The van der Waals surface area contributed by atoms with E-state index >= 15 is 0 Å². The molecule has 1 aromatic carbocycles. The molecular formula is C12H11N5O3S. The van der Waals surface area contributed by atoms with Gasteiger partial charge in [0.1, 0.15) is 0 Å². The van der Waals surface area contributed by atoms with Gasteiger partial charge in [0, 0.05) is 5.56 Å². The normalized spacial score (nSPS) is 11.5. The van der Waals surface area contributed by atoms with Crippen molar-refractivity contribution in [1.29, 1.82) is 0 Å². The molecule has 9 heteroatoms. The van der Waals surface area contributed by atoms with Gasteiger partial charge in [-0.3, -0.25) is 4.72 Å². The van der Waals surface area contributed by atoms with E-state index in [1.165, 1.54) is 18.9 Å². The van der Waals surface area contributed by atoms with E-state index in [1.54, 1.807) is 25.1 Å². The van der Waals surface area contributed by atoms with Gasteiger partial charge >= 0.3 is 0 Å². The van der Waals surface area contributed by atoms with E-state index in [0.29, 0.717) is 11.6 Å². The minimum atomic E-state index is -3.68. The molecule has 21 heavy (non-hydrogen) atoms. The first-order chi connectivity index (χ1) is 10.1. The van der Waals surface area contributed by atoms with Crippen molar-refractivity contribution < 1.29 is 12.8 Å². The largest absolute Gasteiger partial charge is 0.423 e. The number of imidazole rings is 1. The van der Waals surface area contributed by atoms with E-state index in [1.807, 2.05) is 0 Å². The molecule has 3 aromatic rings. The van der Waals surface area contributed by atoms with Crippen LogP contribution in [0.15, 0.2) is 46.6 Å². The molecule has 0 aliphatic rings. The number of hydrogen-bond acceptors (Lipinski definition) is 6. The molecule has 0 radical (unpaired) electrons. The third-order valence-corrected chi connectivity index (χ3v) is 4.13. The quantitative estimate of drug-likeness (QED) is 0.756. The van der Waals surface area contributed by atoms with Gasteiger partial charge in [-0.15, -0.1) is 10.2 Å². The fourth-order valence-electron chi connectivity index (χ4n) is 1.80. The summed E-state index contributed by atoms with van der Waals surface area (Å²) in [7, 11) is -3.68. The first-order valence-electron chi connectivity index (χ1n) is 5.94. The zero-order valence-electron chi connectivity index (χ0n) is 10.9. The Morgan fingerprint density at radius 3 is 2.81 bits per heavy atom. The Labute approximate surface area is 120 Å². The zero-order chi connectivity index (χ0) is 14.9. The van der Waals surface area contributed by atoms with Crippen LogP contribution in [0, 0.1) is 6.92 Å². The van der Waals surface area contributed by atoms with Gasteiger partial charge in [0.05, 0.1) is 18.2 Å². The molecule has 3 rings (SSSR count). The van der Waals surface area contributed by atoms with E-state index in [9.17, 15) is 8.42 Å². The summed E-state index contributed by atoms with van der Waals surface area (Å²) < 4.78 is 31.8. The first kappa shape index (κ1) is 13.3. The Hall–Kier alpha value is -2.68. The molecule has 0 atom stereocenters. The third-order valence-electron chi connectivity index (χ3n) is 2.84. The van der Waals surface area contributed by atoms with Crippen LogP contribution in [0.2, 0.25) is 0 Å². The highest BCUT2D eigenvalue weighted by Crippen LogP contribution is 2.24. The maximum absolute atomic E-state index is 12.1. The van der Waals surface area contributed by atoms with Gasteiger partial charge in [-0.05, 0) is 30.7 Å². The van der Waals surface area contributed by atoms with Gasteiger partial charge in [0.2, 0.25) is 12.3 Å². The Bertz CT molecular complexity index is 841. The molecule has 2 N–H and O–H groups in total. The van der Waals surface area contributed by atoms with E-state index in [4.69, 9.17) is 4.42 Å². The number of aryl methyl sites for hydroxylation is 1. The number of aromatic nitrogens is 4. The summed E-state index contributed by atoms with van der Waals surface area (Å²) in [5, 5.41) is 7.41. The second-order valence-corrected chi connectivity index (χ2v) is 5.95. The number of benzene rings is 1. The summed E-state index contributed by atoms with van der Waals surface area (Å²) in [6, 6.07) is 5.10. The number of nitrogens with zero attached hydrogens (tertiary/aromatic N) is 3. The fourth-order valence-corrected chi connectivity index (χ4v) is 2.84. The lowest BCUT2D eigenvalue weighted by atomic mass is 10.1. The first-order valence-corrected chi connectivity index (χ1v) is 7.43. The monoisotopic (exact) mass is 305 g/mol. The van der Waals surface area contributed by atoms with Crippen LogP contribution >= 0.6 is 0 Å². The van der Waals surface area contributed by atoms with Crippen molar-refractivity contribution in [3.05, 3.63) is 42.7 Å². The number of sulfonamides is 1. The van der Waals surface area contributed by atoms with E-state index in [-0.39, 0.29) is 5.03 Å². The van der Waals surface area contributed by atoms with Crippen molar-refractivity contribution in [2.45, 2.75) is 11.9 Å².